The molecule has 4 heterocycles. The number of rotatable bonds is 4. The van der Waals surface area contributed by atoms with E-state index in [1.54, 1.807) is 20.0 Å². The lowest BCUT2D eigenvalue weighted by molar-refractivity contribution is -0.192. The maximum absolute atomic E-state index is 13.0. The zero-order chi connectivity index (χ0) is 24.2. The summed E-state index contributed by atoms with van der Waals surface area (Å²) in [6, 6.07) is 5.60. The summed E-state index contributed by atoms with van der Waals surface area (Å²) < 4.78 is 48.8. The number of likely N-dealkylation sites (tertiary alicyclic amines) is 1. The monoisotopic (exact) mass is 471 g/mol. The van der Waals surface area contributed by atoms with Crippen molar-refractivity contribution < 1.29 is 41.9 Å². The van der Waals surface area contributed by atoms with Gasteiger partial charge in [-0.25, -0.2) is 9.78 Å². The molecule has 33 heavy (non-hydrogen) atoms. The number of carboxylic acids is 1. The predicted molar refractivity (Wildman–Crippen MR) is 107 cm³/mol. The summed E-state index contributed by atoms with van der Waals surface area (Å²) in [7, 11) is 0. The number of amides is 1. The third-order valence-corrected chi connectivity index (χ3v) is 5.69. The molecule has 2 aliphatic heterocycles. The molecule has 2 atom stereocenters. The van der Waals surface area contributed by atoms with Crippen LogP contribution in [0, 0.1) is 19.3 Å². The molecule has 2 aliphatic rings. The van der Waals surface area contributed by atoms with E-state index >= 15 is 0 Å². The Kier molecular flexibility index (Phi) is 7.25. The summed E-state index contributed by atoms with van der Waals surface area (Å²) in [6.45, 7) is 6.03. The van der Waals surface area contributed by atoms with Gasteiger partial charge in [0.05, 0.1) is 23.8 Å². The molecule has 9 nitrogen and oxygen atoms in total. The Labute approximate surface area is 187 Å². The summed E-state index contributed by atoms with van der Waals surface area (Å²) in [5.74, 6) is -1.62. The number of aliphatic carboxylic acids is 1. The van der Waals surface area contributed by atoms with E-state index in [1.807, 2.05) is 23.1 Å². The zero-order valence-corrected chi connectivity index (χ0v) is 18.1. The molecule has 0 unspecified atom stereocenters. The molecule has 0 aromatic carbocycles. The fourth-order valence-electron chi connectivity index (χ4n) is 4.03. The number of pyridine rings is 1. The van der Waals surface area contributed by atoms with Gasteiger partial charge in [0.2, 0.25) is 5.88 Å². The van der Waals surface area contributed by atoms with Gasteiger partial charge < -0.3 is 24.0 Å². The Morgan fingerprint density at radius 2 is 2.06 bits per heavy atom. The van der Waals surface area contributed by atoms with Crippen LogP contribution in [0.3, 0.4) is 0 Å². The fourth-order valence-corrected chi connectivity index (χ4v) is 4.03. The van der Waals surface area contributed by atoms with Crippen molar-refractivity contribution in [3.05, 3.63) is 41.4 Å². The molecule has 0 bridgehead atoms. The molecule has 0 spiro atoms. The van der Waals surface area contributed by atoms with Crippen LogP contribution in [-0.2, 0) is 9.53 Å². The lowest BCUT2D eigenvalue weighted by Gasteiger charge is -2.43. The van der Waals surface area contributed by atoms with E-state index in [-0.39, 0.29) is 17.4 Å². The molecule has 2 aromatic heterocycles. The van der Waals surface area contributed by atoms with Crippen LogP contribution >= 0.6 is 0 Å². The third kappa shape index (κ3) is 5.62. The van der Waals surface area contributed by atoms with Crippen LogP contribution in [0.15, 0.2) is 28.9 Å². The standard InChI is InChI=1S/C19H23N3O4.C2HF3O2/c1-13-17(14(2)26-21-13)18(23)22-9-6-15-19(11-22,7-10-24-15)12-25-16-5-3-4-8-20-16;3-2(4,5)1(6)7/h3-5,8,15H,6-7,9-12H2,1-2H3;(H,6,7)/t15-,19+;/m1./s1. The van der Waals surface area contributed by atoms with Crippen LogP contribution in [0.25, 0.3) is 0 Å². The van der Waals surface area contributed by atoms with Gasteiger partial charge >= 0.3 is 12.1 Å². The van der Waals surface area contributed by atoms with Crippen molar-refractivity contribution in [1.82, 2.24) is 15.0 Å². The van der Waals surface area contributed by atoms with E-state index in [0.29, 0.717) is 49.2 Å². The molecule has 2 aromatic rings. The predicted octanol–water partition coefficient (Wildman–Crippen LogP) is 3.02. The van der Waals surface area contributed by atoms with Crippen molar-refractivity contribution in [1.29, 1.82) is 0 Å². The summed E-state index contributed by atoms with van der Waals surface area (Å²) >= 11 is 0. The normalized spacial score (nSPS) is 22.2. The minimum atomic E-state index is -5.08. The highest BCUT2D eigenvalue weighted by Crippen LogP contribution is 2.41. The zero-order valence-electron chi connectivity index (χ0n) is 18.1. The second-order valence-corrected chi connectivity index (χ2v) is 7.95. The molecule has 0 saturated carbocycles. The van der Waals surface area contributed by atoms with E-state index < -0.39 is 12.1 Å². The highest BCUT2D eigenvalue weighted by atomic mass is 19.4. The van der Waals surface area contributed by atoms with E-state index in [0.717, 1.165) is 12.8 Å². The SMILES string of the molecule is Cc1noc(C)c1C(=O)N1CC[C@H]2OCC[C@@]2(COc2ccccn2)C1.O=C(O)C(F)(F)F. The van der Waals surface area contributed by atoms with Crippen molar-refractivity contribution in [2.75, 3.05) is 26.3 Å². The molecule has 0 radical (unpaired) electrons. The average Bonchev–Trinajstić information content (AvgIpc) is 3.34. The second-order valence-electron chi connectivity index (χ2n) is 7.95. The van der Waals surface area contributed by atoms with Gasteiger partial charge in [-0.3, -0.25) is 4.79 Å². The number of nitrogens with zero attached hydrogens (tertiary/aromatic N) is 3. The molecule has 12 heteroatoms. The summed E-state index contributed by atoms with van der Waals surface area (Å²) in [6.07, 6.45) is -1.58. The van der Waals surface area contributed by atoms with Crippen LogP contribution in [0.1, 0.15) is 34.7 Å². The largest absolute Gasteiger partial charge is 0.490 e. The van der Waals surface area contributed by atoms with Gasteiger partial charge in [-0.1, -0.05) is 11.2 Å². The number of carbonyl (C=O) groups excluding carboxylic acids is 1. The molecule has 1 amide bonds. The number of piperidine rings is 1. The van der Waals surface area contributed by atoms with E-state index in [2.05, 4.69) is 10.1 Å². The lowest BCUT2D eigenvalue weighted by atomic mass is 9.77. The minimum absolute atomic E-state index is 0.0242. The topological polar surface area (TPSA) is 115 Å². The Morgan fingerprint density at radius 1 is 1.33 bits per heavy atom. The number of hydrogen-bond acceptors (Lipinski definition) is 7. The van der Waals surface area contributed by atoms with Gasteiger partial charge in [-0.15, -0.1) is 0 Å². The molecule has 1 N–H and O–H groups in total. The first-order chi connectivity index (χ1) is 15.5. The number of alkyl halides is 3. The van der Waals surface area contributed by atoms with Gasteiger partial charge in [0.15, 0.2) is 0 Å². The number of aromatic nitrogens is 2. The molecular formula is C21H24F3N3O6. The first-order valence-electron chi connectivity index (χ1n) is 10.2. The molecule has 0 aliphatic carbocycles. The first-order valence-corrected chi connectivity index (χ1v) is 10.2. The number of aryl methyl sites for hydroxylation is 2. The van der Waals surface area contributed by atoms with Gasteiger partial charge in [0.1, 0.15) is 11.3 Å². The Balaban J connectivity index is 0.000000383. The second kappa shape index (κ2) is 9.77. The van der Waals surface area contributed by atoms with Crippen LogP contribution in [0.5, 0.6) is 5.88 Å². The number of hydrogen-bond donors (Lipinski definition) is 1. The van der Waals surface area contributed by atoms with Gasteiger partial charge in [-0.05, 0) is 32.8 Å². The van der Waals surface area contributed by atoms with E-state index in [1.165, 1.54) is 0 Å². The van der Waals surface area contributed by atoms with Crippen molar-refractivity contribution in [3.8, 4) is 5.88 Å². The van der Waals surface area contributed by atoms with Crippen molar-refractivity contribution in [3.63, 3.8) is 0 Å². The first kappa shape index (κ1) is 24.5. The average molecular weight is 471 g/mol. The van der Waals surface area contributed by atoms with Crippen LogP contribution in [-0.4, -0.2) is 70.6 Å². The maximum atomic E-state index is 13.0. The molecule has 2 saturated heterocycles. The molecule has 2 fully saturated rings. The molecule has 180 valence electrons. The number of carboxylic acid groups (broad SMARTS) is 1. The van der Waals surface area contributed by atoms with Crippen molar-refractivity contribution in [2.45, 2.75) is 39.0 Å². The number of ether oxygens (including phenoxy) is 2. The number of fused-ring (bicyclic) bond motifs is 1. The molecular weight excluding hydrogens is 447 g/mol. The van der Waals surface area contributed by atoms with Crippen molar-refractivity contribution >= 4 is 11.9 Å². The van der Waals surface area contributed by atoms with E-state index in [4.69, 9.17) is 23.9 Å². The Morgan fingerprint density at radius 3 is 2.64 bits per heavy atom. The van der Waals surface area contributed by atoms with Crippen LogP contribution in [0.2, 0.25) is 0 Å². The van der Waals surface area contributed by atoms with Gasteiger partial charge in [0.25, 0.3) is 5.91 Å². The fraction of sp³-hybridized carbons (Fsp3) is 0.524. The molecule has 4 rings (SSSR count). The highest BCUT2D eigenvalue weighted by Gasteiger charge is 2.50. The lowest BCUT2D eigenvalue weighted by Crippen LogP contribution is -2.54. The van der Waals surface area contributed by atoms with Gasteiger partial charge in [0, 0.05) is 32.0 Å². The summed E-state index contributed by atoms with van der Waals surface area (Å²) in [4.78, 5) is 28.1. The van der Waals surface area contributed by atoms with Gasteiger partial charge in [-0.2, -0.15) is 13.2 Å². The Hall–Kier alpha value is -3.15. The third-order valence-electron chi connectivity index (χ3n) is 5.69. The van der Waals surface area contributed by atoms with Crippen LogP contribution < -0.4 is 4.74 Å². The highest BCUT2D eigenvalue weighted by molar-refractivity contribution is 5.96. The number of carbonyl (C=O) groups is 2. The van der Waals surface area contributed by atoms with E-state index in [9.17, 15) is 18.0 Å². The quantitative estimate of drug-likeness (QED) is 0.724. The minimum Gasteiger partial charge on any atom is -0.477 e. The summed E-state index contributed by atoms with van der Waals surface area (Å²) in [5, 5.41) is 11.0. The summed E-state index contributed by atoms with van der Waals surface area (Å²) in [5.41, 5.74) is 1.00. The Bertz CT molecular complexity index is 962. The number of halogens is 3. The van der Waals surface area contributed by atoms with Crippen LogP contribution in [0.4, 0.5) is 13.2 Å². The maximum Gasteiger partial charge on any atom is 0.490 e. The van der Waals surface area contributed by atoms with Crippen molar-refractivity contribution in [2.24, 2.45) is 5.41 Å². The smallest absolute Gasteiger partial charge is 0.477 e.